The van der Waals surface area contributed by atoms with Gasteiger partial charge in [0.2, 0.25) is 0 Å². The van der Waals surface area contributed by atoms with Gasteiger partial charge in [-0.25, -0.2) is 14.1 Å². The van der Waals surface area contributed by atoms with E-state index in [2.05, 4.69) is 4.98 Å². The minimum Gasteiger partial charge on any atom is -0.382 e. The van der Waals surface area contributed by atoms with Crippen LogP contribution in [0.2, 0.25) is 0 Å². The molecule has 0 aliphatic heterocycles. The lowest BCUT2D eigenvalue weighted by atomic mass is 10.1. The molecule has 4 N–H and O–H groups in total. The van der Waals surface area contributed by atoms with E-state index in [0.717, 1.165) is 5.56 Å². The van der Waals surface area contributed by atoms with Gasteiger partial charge in [-0.2, -0.15) is 0 Å². The van der Waals surface area contributed by atoms with Crippen molar-refractivity contribution in [2.45, 2.75) is 6.92 Å². The number of benzene rings is 1. The molecule has 4 nitrogen and oxygen atoms in total. The van der Waals surface area contributed by atoms with Crippen LogP contribution in [0, 0.1) is 12.7 Å². The third kappa shape index (κ3) is 1.52. The molecule has 2 aromatic rings. The topological polar surface area (TPSA) is 69.9 Å². The summed E-state index contributed by atoms with van der Waals surface area (Å²) >= 11 is 0. The summed E-state index contributed by atoms with van der Waals surface area (Å²) in [4.78, 5) is 4.05. The van der Waals surface area contributed by atoms with Gasteiger partial charge in [-0.1, -0.05) is 0 Å². The molecule has 0 bridgehead atoms. The third-order valence-corrected chi connectivity index (χ3v) is 2.26. The number of aromatic nitrogens is 2. The molecule has 0 amide bonds. The molecule has 1 heterocycles. The van der Waals surface area contributed by atoms with E-state index in [1.807, 2.05) is 0 Å². The van der Waals surface area contributed by atoms with Gasteiger partial charge in [-0.05, 0) is 30.7 Å². The lowest BCUT2D eigenvalue weighted by Gasteiger charge is -2.02. The van der Waals surface area contributed by atoms with Gasteiger partial charge < -0.3 is 11.6 Å². The standard InChI is InChI=1S/C10H11FN4/c1-6-4-7(2-3-8(6)11)9-10(12)15(13)5-14-9/h2-5H,12-13H2,1H3. The molecule has 1 aromatic carbocycles. The number of rotatable bonds is 1. The maximum absolute atomic E-state index is 13.0. The summed E-state index contributed by atoms with van der Waals surface area (Å²) in [5.74, 6) is 5.62. The highest BCUT2D eigenvalue weighted by molar-refractivity contribution is 5.70. The first-order chi connectivity index (χ1) is 7.09. The number of imidazole rings is 1. The fourth-order valence-electron chi connectivity index (χ4n) is 1.38. The highest BCUT2D eigenvalue weighted by Gasteiger charge is 2.09. The SMILES string of the molecule is Cc1cc(-c2ncn(N)c2N)ccc1F. The maximum atomic E-state index is 13.0. The predicted molar refractivity (Wildman–Crippen MR) is 56.9 cm³/mol. The Kier molecular flexibility index (Phi) is 2.07. The minimum absolute atomic E-state index is 0.246. The molecule has 0 atom stereocenters. The summed E-state index contributed by atoms with van der Waals surface area (Å²) in [6.07, 6.45) is 1.42. The second kappa shape index (κ2) is 3.27. The second-order valence-electron chi connectivity index (χ2n) is 3.35. The number of nitrogens with two attached hydrogens (primary N) is 2. The zero-order valence-corrected chi connectivity index (χ0v) is 8.24. The first-order valence-corrected chi connectivity index (χ1v) is 4.44. The second-order valence-corrected chi connectivity index (χ2v) is 3.35. The van der Waals surface area contributed by atoms with Crippen molar-refractivity contribution in [3.05, 3.63) is 35.9 Å². The number of hydrogen-bond donors (Lipinski definition) is 2. The monoisotopic (exact) mass is 206 g/mol. The van der Waals surface area contributed by atoms with E-state index >= 15 is 0 Å². The van der Waals surface area contributed by atoms with Gasteiger partial charge in [0, 0.05) is 5.56 Å². The number of nitrogens with zero attached hydrogens (tertiary/aromatic N) is 2. The van der Waals surface area contributed by atoms with E-state index in [-0.39, 0.29) is 5.82 Å². The fourth-order valence-corrected chi connectivity index (χ4v) is 1.38. The van der Waals surface area contributed by atoms with Crippen LogP contribution in [-0.2, 0) is 0 Å². The normalized spacial score (nSPS) is 10.5. The van der Waals surface area contributed by atoms with Crippen LogP contribution in [0.15, 0.2) is 24.5 Å². The lowest BCUT2D eigenvalue weighted by molar-refractivity contribution is 0.619. The number of aryl methyl sites for hydroxylation is 1. The van der Waals surface area contributed by atoms with E-state index in [1.54, 1.807) is 19.1 Å². The van der Waals surface area contributed by atoms with E-state index in [1.165, 1.54) is 17.1 Å². The number of halogens is 1. The quantitative estimate of drug-likeness (QED) is 0.691. The molecule has 0 unspecified atom stereocenters. The Labute approximate surface area is 86.3 Å². The van der Waals surface area contributed by atoms with Crippen molar-refractivity contribution in [2.75, 3.05) is 11.6 Å². The molecular weight excluding hydrogens is 195 g/mol. The molecule has 0 saturated heterocycles. The third-order valence-electron chi connectivity index (χ3n) is 2.26. The van der Waals surface area contributed by atoms with Crippen LogP contribution in [0.3, 0.4) is 0 Å². The molecule has 0 aliphatic rings. The van der Waals surface area contributed by atoms with Gasteiger partial charge in [0.05, 0.1) is 0 Å². The van der Waals surface area contributed by atoms with E-state index in [0.29, 0.717) is 17.1 Å². The van der Waals surface area contributed by atoms with Crippen LogP contribution in [0.5, 0.6) is 0 Å². The van der Waals surface area contributed by atoms with Crippen molar-refractivity contribution in [3.63, 3.8) is 0 Å². The Morgan fingerprint density at radius 2 is 2.13 bits per heavy atom. The van der Waals surface area contributed by atoms with Gasteiger partial charge in [-0.3, -0.25) is 0 Å². The van der Waals surface area contributed by atoms with Crippen molar-refractivity contribution in [1.29, 1.82) is 0 Å². The maximum Gasteiger partial charge on any atom is 0.150 e. The minimum atomic E-state index is -0.246. The zero-order valence-electron chi connectivity index (χ0n) is 8.24. The van der Waals surface area contributed by atoms with Crippen LogP contribution >= 0.6 is 0 Å². The fraction of sp³-hybridized carbons (Fsp3) is 0.100. The Morgan fingerprint density at radius 1 is 1.40 bits per heavy atom. The first kappa shape index (κ1) is 9.51. The summed E-state index contributed by atoms with van der Waals surface area (Å²) in [7, 11) is 0. The van der Waals surface area contributed by atoms with E-state index in [4.69, 9.17) is 11.6 Å². The van der Waals surface area contributed by atoms with E-state index < -0.39 is 0 Å². The lowest BCUT2D eigenvalue weighted by Crippen LogP contribution is -2.09. The molecule has 2 rings (SSSR count). The molecule has 0 saturated carbocycles. The summed E-state index contributed by atoms with van der Waals surface area (Å²) in [6, 6.07) is 4.70. The van der Waals surface area contributed by atoms with Crippen LogP contribution in [0.4, 0.5) is 10.2 Å². The number of anilines is 1. The molecular formula is C10H11FN4. The highest BCUT2D eigenvalue weighted by atomic mass is 19.1. The van der Waals surface area contributed by atoms with Crippen LogP contribution in [-0.4, -0.2) is 9.66 Å². The average Bonchev–Trinajstić information content (AvgIpc) is 2.53. The van der Waals surface area contributed by atoms with Crippen molar-refractivity contribution in [3.8, 4) is 11.3 Å². The Bertz CT molecular complexity index is 504. The van der Waals surface area contributed by atoms with E-state index in [9.17, 15) is 4.39 Å². The Morgan fingerprint density at radius 3 is 2.67 bits per heavy atom. The Hall–Kier alpha value is -2.04. The molecule has 1 aromatic heterocycles. The molecule has 78 valence electrons. The predicted octanol–water partition coefficient (Wildman–Crippen LogP) is 1.29. The van der Waals surface area contributed by atoms with Crippen molar-refractivity contribution >= 4 is 5.82 Å². The summed E-state index contributed by atoms with van der Waals surface area (Å²) in [5, 5.41) is 0. The van der Waals surface area contributed by atoms with Gasteiger partial charge in [0.15, 0.2) is 0 Å². The van der Waals surface area contributed by atoms with Gasteiger partial charge in [0.1, 0.15) is 23.7 Å². The van der Waals surface area contributed by atoms with Crippen LogP contribution < -0.4 is 11.6 Å². The van der Waals surface area contributed by atoms with Crippen molar-refractivity contribution in [1.82, 2.24) is 9.66 Å². The van der Waals surface area contributed by atoms with Crippen molar-refractivity contribution in [2.24, 2.45) is 0 Å². The molecule has 0 spiro atoms. The molecule has 5 heteroatoms. The Balaban J connectivity index is 2.55. The smallest absolute Gasteiger partial charge is 0.150 e. The highest BCUT2D eigenvalue weighted by Crippen LogP contribution is 2.24. The molecule has 15 heavy (non-hydrogen) atoms. The summed E-state index contributed by atoms with van der Waals surface area (Å²) < 4.78 is 14.3. The molecule has 0 fully saturated rings. The number of hydrogen-bond acceptors (Lipinski definition) is 3. The van der Waals surface area contributed by atoms with Gasteiger partial charge >= 0.3 is 0 Å². The largest absolute Gasteiger partial charge is 0.382 e. The van der Waals surface area contributed by atoms with Crippen molar-refractivity contribution < 1.29 is 4.39 Å². The average molecular weight is 206 g/mol. The number of nitrogen functional groups attached to an aromatic ring is 2. The van der Waals surface area contributed by atoms with Gasteiger partial charge in [0.25, 0.3) is 0 Å². The summed E-state index contributed by atoms with van der Waals surface area (Å²) in [5.41, 5.74) is 7.59. The zero-order chi connectivity index (χ0) is 11.0. The van der Waals surface area contributed by atoms with Crippen LogP contribution in [0.25, 0.3) is 11.3 Å². The molecule has 0 radical (unpaired) electrons. The summed E-state index contributed by atoms with van der Waals surface area (Å²) in [6.45, 7) is 1.69. The van der Waals surface area contributed by atoms with Gasteiger partial charge in [-0.15, -0.1) is 0 Å². The first-order valence-electron chi connectivity index (χ1n) is 4.44. The molecule has 0 aliphatic carbocycles. The van der Waals surface area contributed by atoms with Crippen LogP contribution in [0.1, 0.15) is 5.56 Å².